The van der Waals surface area contributed by atoms with Gasteiger partial charge in [0.15, 0.2) is 0 Å². The molecule has 0 aromatic heterocycles. The summed E-state index contributed by atoms with van der Waals surface area (Å²) in [5, 5.41) is 61.5. The number of β-amino-alcohol motifs (C(OH)–C–C–N with tert-alkyl or cyclic N) is 1. The quantitative estimate of drug-likeness (QED) is 0.0156. The molecule has 2 aromatic rings. The van der Waals surface area contributed by atoms with E-state index in [4.69, 9.17) is 0 Å². The summed E-state index contributed by atoms with van der Waals surface area (Å²) in [6.45, 7) is 21.3. The molecule has 7 rings (SSSR count). The molecule has 27 heteroatoms. The van der Waals surface area contributed by atoms with Crippen LogP contribution in [0.2, 0.25) is 0 Å². The molecule has 10 amide bonds. The molecule has 11 atom stereocenters. The third-order valence-corrected chi connectivity index (χ3v) is 18.0. The number of aliphatic carboxylic acids is 3. The van der Waals surface area contributed by atoms with Crippen LogP contribution >= 0.6 is 0 Å². The Labute approximate surface area is 574 Å². The van der Waals surface area contributed by atoms with E-state index < -0.39 is 163 Å². The Hall–Kier alpha value is -9.89. The molecular formula is C72H91N10O17-. The second-order valence-electron chi connectivity index (χ2n) is 26.7. The second kappa shape index (κ2) is 33.1. The molecule has 0 bridgehead atoms. The van der Waals surface area contributed by atoms with Crippen LogP contribution in [0.25, 0.3) is 16.3 Å². The molecule has 2 aliphatic heterocycles. The number of aliphatic hydroxyl groups excluding tert-OH is 1. The molecule has 0 radical (unpaired) electrons. The van der Waals surface area contributed by atoms with Crippen LogP contribution in [-0.2, 0) is 52.7 Å². The first-order chi connectivity index (χ1) is 46.7. The van der Waals surface area contributed by atoms with Crippen molar-refractivity contribution in [2.24, 2.45) is 23.7 Å². The number of amides is 10. The number of benzene rings is 2. The van der Waals surface area contributed by atoms with Gasteiger partial charge in [-0.15, -0.1) is 0 Å². The normalized spacial score (nSPS) is 19.1. The number of nitrogens with one attached hydrogen (secondary N) is 8. The van der Waals surface area contributed by atoms with E-state index in [0.29, 0.717) is 40.3 Å². The number of rotatable bonds is 34. The lowest BCUT2D eigenvalue weighted by Crippen LogP contribution is -2.59. The minimum Gasteiger partial charge on any atom is -0.481 e. The Bertz CT molecular complexity index is 3810. The maximum atomic E-state index is 14.5. The lowest BCUT2D eigenvalue weighted by atomic mass is 9.61. The van der Waals surface area contributed by atoms with Crippen LogP contribution in [-0.4, -0.2) is 181 Å². The minimum atomic E-state index is -1.77. The highest BCUT2D eigenvalue weighted by molar-refractivity contribution is 6.27. The smallest absolute Gasteiger partial charge is 0.326 e. The van der Waals surface area contributed by atoms with Gasteiger partial charge in [-0.3, -0.25) is 57.6 Å². The van der Waals surface area contributed by atoms with E-state index in [-0.39, 0.29) is 48.3 Å². The molecule has 5 aliphatic rings. The highest BCUT2D eigenvalue weighted by atomic mass is 16.4. The van der Waals surface area contributed by atoms with E-state index >= 15 is 0 Å². The summed E-state index contributed by atoms with van der Waals surface area (Å²) in [5.41, 5.74) is 5.94. The van der Waals surface area contributed by atoms with Gasteiger partial charge in [0.25, 0.3) is 17.7 Å². The summed E-state index contributed by atoms with van der Waals surface area (Å²) in [4.78, 5) is 177. The van der Waals surface area contributed by atoms with Crippen LogP contribution in [0.1, 0.15) is 152 Å². The summed E-state index contributed by atoms with van der Waals surface area (Å²) < 4.78 is 0. The number of allylic oxidation sites excluding steroid dienone is 8. The number of hydrogen-bond donors (Lipinski definition) is 12. The number of fused-ring (bicyclic) bond motifs is 2. The number of aliphatic hydroxyl groups is 1. The lowest BCUT2D eigenvalue weighted by Gasteiger charge is -2.45. The monoisotopic (exact) mass is 1370 g/mol. The Morgan fingerprint density at radius 1 is 0.636 bits per heavy atom. The van der Waals surface area contributed by atoms with Crippen molar-refractivity contribution < 1.29 is 82.8 Å². The zero-order valence-electron chi connectivity index (χ0n) is 57.6. The predicted octanol–water partition coefficient (Wildman–Crippen LogP) is 3.76. The first-order valence-corrected chi connectivity index (χ1v) is 33.3. The van der Waals surface area contributed by atoms with Crippen molar-refractivity contribution in [1.29, 1.82) is 0 Å². The fraction of sp³-hybridized carbons (Fsp3) is 0.472. The van der Waals surface area contributed by atoms with Crippen molar-refractivity contribution in [3.05, 3.63) is 130 Å². The van der Waals surface area contributed by atoms with Crippen LogP contribution in [0, 0.1) is 30.6 Å². The topological polar surface area (TPSA) is 406 Å². The summed E-state index contributed by atoms with van der Waals surface area (Å²) in [6.07, 6.45) is 13.7. The van der Waals surface area contributed by atoms with Crippen LogP contribution in [0.3, 0.4) is 0 Å². The third kappa shape index (κ3) is 17.9. The Balaban J connectivity index is 1.03. The van der Waals surface area contributed by atoms with Gasteiger partial charge in [-0.2, -0.15) is 0 Å². The molecular weight excluding hydrogens is 1280 g/mol. The van der Waals surface area contributed by atoms with E-state index in [1.807, 2.05) is 45.1 Å². The first-order valence-electron chi connectivity index (χ1n) is 33.3. The zero-order valence-corrected chi connectivity index (χ0v) is 57.6. The van der Waals surface area contributed by atoms with E-state index in [9.17, 15) is 82.8 Å². The Morgan fingerprint density at radius 3 is 1.77 bits per heavy atom. The average Bonchev–Trinajstić information content (AvgIpc) is 0.694. The molecule has 2 aromatic carbocycles. The Morgan fingerprint density at radius 2 is 1.18 bits per heavy atom. The highest BCUT2D eigenvalue weighted by Crippen LogP contribution is 2.57. The standard InChI is InChI=1S/C72H91N10O17/c1-13-16-18-41(27-34(4)5)29-51(65(90)75-39(12)64(89)79-60(35(6)7)71(96)97)77-62(87)37(10)73-53(83)32-81-31-42-19-20-43-45-22-25-48-59-49(26-23-46(58(45)59)44-21-24-47(68(81)93)56(42)57(43)44)70(95)82(69(48)94)33-54(84)74-38(11)63(88)76-50(28-40(15-3)17-14-2)66(91)78-52(30-55(85)86)67(92)80-61(36(8)9)72(98)99/h14-15,17-26,34-39,44,50-52,54,57,60-61,74,84H,11,13,16,27-33H2,1-10,12H3,(H,73,83)(H,75,90)(H,76,88)(H,77,87)(H,78,91)(H,79,89)(H,80,92)(H,85,86)(H,96,97)(H,98,99)/q-1/b17-14-,40-15+,41-18+. The van der Waals surface area contributed by atoms with Crippen molar-refractivity contribution in [1.82, 2.24) is 52.3 Å². The van der Waals surface area contributed by atoms with Gasteiger partial charge in [-0.05, 0) is 116 Å². The van der Waals surface area contributed by atoms with E-state index in [2.05, 4.69) is 49.5 Å². The molecule has 532 valence electrons. The minimum absolute atomic E-state index is 0.0362. The highest BCUT2D eigenvalue weighted by Gasteiger charge is 2.47. The molecule has 12 N–H and O–H groups in total. The van der Waals surface area contributed by atoms with Gasteiger partial charge in [-0.1, -0.05) is 127 Å². The van der Waals surface area contributed by atoms with Crippen LogP contribution < -0.4 is 42.5 Å². The molecule has 0 saturated heterocycles. The van der Waals surface area contributed by atoms with Crippen molar-refractivity contribution in [2.45, 2.75) is 175 Å². The van der Waals surface area contributed by atoms with Crippen molar-refractivity contribution in [2.75, 3.05) is 19.6 Å². The maximum absolute atomic E-state index is 14.5. The van der Waals surface area contributed by atoms with Crippen LogP contribution in [0.15, 0.2) is 101 Å². The van der Waals surface area contributed by atoms with Gasteiger partial charge in [0.1, 0.15) is 55.1 Å². The molecule has 3 aliphatic carbocycles. The lowest BCUT2D eigenvalue weighted by molar-refractivity contribution is -0.145. The number of carboxylic acid groups (broad SMARTS) is 3. The largest absolute Gasteiger partial charge is 0.481 e. The Kier molecular flexibility index (Phi) is 25.6. The van der Waals surface area contributed by atoms with Gasteiger partial charge in [0, 0.05) is 46.9 Å². The third-order valence-electron chi connectivity index (χ3n) is 18.0. The number of carbonyl (C=O) groups is 13. The van der Waals surface area contributed by atoms with Crippen LogP contribution in [0.4, 0.5) is 0 Å². The number of nitrogens with zero attached hydrogens (tertiary/aromatic N) is 2. The number of unbranched alkanes of at least 4 members (excludes halogenated alkanes) is 1. The predicted molar refractivity (Wildman–Crippen MR) is 365 cm³/mol. The van der Waals surface area contributed by atoms with Crippen molar-refractivity contribution in [3.8, 4) is 0 Å². The molecule has 99 heavy (non-hydrogen) atoms. The number of imide groups is 1. The molecule has 0 saturated carbocycles. The first kappa shape index (κ1) is 76.5. The van der Waals surface area contributed by atoms with Crippen LogP contribution in [0.5, 0.6) is 0 Å². The van der Waals surface area contributed by atoms with E-state index in [0.717, 1.165) is 39.2 Å². The molecule has 0 spiro atoms. The second-order valence-corrected chi connectivity index (χ2v) is 26.7. The number of carboxylic acids is 3. The van der Waals surface area contributed by atoms with Gasteiger partial charge in [0.2, 0.25) is 41.4 Å². The summed E-state index contributed by atoms with van der Waals surface area (Å²) in [5.74, 6) is -13.5. The van der Waals surface area contributed by atoms with Crippen molar-refractivity contribution >= 4 is 93.3 Å². The molecule has 0 fully saturated rings. The van der Waals surface area contributed by atoms with Crippen molar-refractivity contribution in [3.63, 3.8) is 0 Å². The van der Waals surface area contributed by atoms with Gasteiger partial charge >= 0.3 is 17.9 Å². The SMILES string of the molecule is [CH2-]C(NC(O)CN1C(=O)c2ccc3c4c(ccc(c24)C1=O)C1C=CC2=C4C(=CC=C3C41)CN(CC(=O)NC(C)C(=O)NC(C/C(=C/CCC)CC(C)C)C(=O)NC(C)C(=O)NC(C(=O)O)C(C)C)C2=O)C(=O)NC(CC(/C=C\C)=C/C)C(=O)NC(CC(=O)O)C(=O)NC(C(=O)O)C(C)C. The van der Waals surface area contributed by atoms with Gasteiger partial charge in [-0.25, -0.2) is 9.59 Å². The summed E-state index contributed by atoms with van der Waals surface area (Å²) >= 11 is 0. The summed E-state index contributed by atoms with van der Waals surface area (Å²) in [6, 6.07) is -4.25. The number of hydrogen-bond acceptors (Lipinski definition) is 15. The fourth-order valence-electron chi connectivity index (χ4n) is 13.0. The molecule has 27 nitrogen and oxygen atoms in total. The van der Waals surface area contributed by atoms with E-state index in [1.54, 1.807) is 76.3 Å². The van der Waals surface area contributed by atoms with Gasteiger partial charge in [0.05, 0.1) is 13.0 Å². The zero-order chi connectivity index (χ0) is 73.2. The average molecular weight is 1370 g/mol. The van der Waals surface area contributed by atoms with Gasteiger partial charge < -0.3 is 74.8 Å². The molecule has 11 unspecified atom stereocenters. The fourth-order valence-corrected chi connectivity index (χ4v) is 13.0. The maximum Gasteiger partial charge on any atom is 0.326 e. The summed E-state index contributed by atoms with van der Waals surface area (Å²) in [7, 11) is 0. The number of carbonyl (C=O) groups excluding carboxylic acids is 10. The van der Waals surface area contributed by atoms with E-state index in [1.165, 1.54) is 32.6 Å². The molecule has 2 heterocycles.